The fourth-order valence-corrected chi connectivity index (χ4v) is 1.66. The Labute approximate surface area is 87.4 Å². The molecule has 0 spiro atoms. The van der Waals surface area contributed by atoms with Gasteiger partial charge in [0.2, 0.25) is 0 Å². The van der Waals surface area contributed by atoms with Crippen LogP contribution in [0, 0.1) is 5.82 Å². The highest BCUT2D eigenvalue weighted by Crippen LogP contribution is 2.33. The molecule has 0 atom stereocenters. The van der Waals surface area contributed by atoms with Gasteiger partial charge in [0.1, 0.15) is 11.5 Å². The largest absolute Gasteiger partial charge is 0.207 e. The molecular weight excluding hydrogens is 265 g/mol. The molecule has 1 aromatic rings. The number of thiocarbonyl (C=S) groups is 1. The summed E-state index contributed by atoms with van der Waals surface area (Å²) in [4.78, 5) is 3.67. The van der Waals surface area contributed by atoms with Crippen molar-refractivity contribution in [1.82, 2.24) is 0 Å². The van der Waals surface area contributed by atoms with E-state index in [-0.39, 0.29) is 5.02 Å². The average Bonchev–Trinajstić information content (AvgIpc) is 1.96. The number of benzene rings is 1. The summed E-state index contributed by atoms with van der Waals surface area (Å²) in [7, 11) is 0. The second-order valence-electron chi connectivity index (χ2n) is 1.92. The van der Waals surface area contributed by atoms with Gasteiger partial charge in [0.25, 0.3) is 0 Å². The molecule has 1 nitrogen and oxygen atoms in total. The topological polar surface area (TPSA) is 12.4 Å². The van der Waals surface area contributed by atoms with Crippen molar-refractivity contribution in [2.75, 3.05) is 0 Å². The molecule has 0 aliphatic heterocycles. The van der Waals surface area contributed by atoms with Gasteiger partial charge in [0, 0.05) is 4.47 Å². The smallest absolute Gasteiger partial charge is 0.125 e. The van der Waals surface area contributed by atoms with E-state index in [1.807, 2.05) is 0 Å². The summed E-state index contributed by atoms with van der Waals surface area (Å²) in [5.41, 5.74) is 0.396. The van der Waals surface area contributed by atoms with Crippen LogP contribution in [0.15, 0.2) is 21.6 Å². The van der Waals surface area contributed by atoms with Crippen molar-refractivity contribution in [3.05, 3.63) is 27.4 Å². The third-order valence-corrected chi connectivity index (χ3v) is 2.12. The fourth-order valence-electron chi connectivity index (χ4n) is 0.687. The molecule has 5 heteroatoms. The zero-order chi connectivity index (χ0) is 9.14. The quantitative estimate of drug-likeness (QED) is 0.553. The zero-order valence-electron chi connectivity index (χ0n) is 5.64. The molecule has 0 saturated carbocycles. The normalized spacial score (nSPS) is 9.25. The van der Waals surface area contributed by atoms with E-state index >= 15 is 0 Å². The first kappa shape index (κ1) is 9.81. The molecule has 0 fully saturated rings. The number of hydrogen-bond acceptors (Lipinski definition) is 2. The van der Waals surface area contributed by atoms with E-state index in [0.717, 1.165) is 6.07 Å². The Kier molecular flexibility index (Phi) is 3.35. The second-order valence-corrected chi connectivity index (χ2v) is 3.37. The monoisotopic (exact) mass is 265 g/mol. The van der Waals surface area contributed by atoms with E-state index in [0.29, 0.717) is 10.2 Å². The molecule has 12 heavy (non-hydrogen) atoms. The van der Waals surface area contributed by atoms with Gasteiger partial charge in [0.05, 0.1) is 10.2 Å². The molecule has 1 aromatic carbocycles. The molecule has 0 aliphatic rings. The van der Waals surface area contributed by atoms with Gasteiger partial charge in [-0.25, -0.2) is 4.39 Å². The van der Waals surface area contributed by atoms with Gasteiger partial charge >= 0.3 is 0 Å². The van der Waals surface area contributed by atoms with Crippen LogP contribution >= 0.6 is 39.7 Å². The van der Waals surface area contributed by atoms with Crippen molar-refractivity contribution in [2.45, 2.75) is 0 Å². The van der Waals surface area contributed by atoms with E-state index < -0.39 is 5.82 Å². The van der Waals surface area contributed by atoms with Crippen LogP contribution in [0.25, 0.3) is 0 Å². The minimum Gasteiger partial charge on any atom is -0.207 e. The molecule has 0 amide bonds. The molecule has 0 aromatic heterocycles. The summed E-state index contributed by atoms with van der Waals surface area (Å²) in [5, 5.41) is 2.36. The van der Waals surface area contributed by atoms with Crippen LogP contribution in [0.4, 0.5) is 10.1 Å². The van der Waals surface area contributed by atoms with Crippen molar-refractivity contribution in [3.63, 3.8) is 0 Å². The third-order valence-electron chi connectivity index (χ3n) is 1.14. The molecule has 62 valence electrons. The third kappa shape index (κ3) is 2.11. The lowest BCUT2D eigenvalue weighted by molar-refractivity contribution is 0.627. The van der Waals surface area contributed by atoms with Crippen LogP contribution in [0.3, 0.4) is 0 Å². The van der Waals surface area contributed by atoms with Gasteiger partial charge < -0.3 is 0 Å². The first-order valence-electron chi connectivity index (χ1n) is 2.87. The van der Waals surface area contributed by atoms with Crippen molar-refractivity contribution in [3.8, 4) is 0 Å². The average molecular weight is 267 g/mol. The predicted octanol–water partition coefficient (Wildman–Crippen LogP) is 3.98. The van der Waals surface area contributed by atoms with Gasteiger partial charge in [-0.15, -0.1) is 0 Å². The Hall–Kier alpha value is -0.280. The highest BCUT2D eigenvalue weighted by atomic mass is 79.9. The van der Waals surface area contributed by atoms with Crippen LogP contribution < -0.4 is 0 Å². The zero-order valence-corrected chi connectivity index (χ0v) is 8.80. The molecule has 0 bridgehead atoms. The highest BCUT2D eigenvalue weighted by molar-refractivity contribution is 9.10. The predicted molar refractivity (Wildman–Crippen MR) is 53.8 cm³/mol. The van der Waals surface area contributed by atoms with E-state index in [9.17, 15) is 4.39 Å². The Bertz CT molecular complexity index is 339. The standard InChI is InChI=1S/C7H2BrClFNS/c8-5-1-4(10)2-6(9)7(5)11-3-12/h1-2H. The van der Waals surface area contributed by atoms with Gasteiger partial charge in [-0.1, -0.05) is 11.6 Å². The lowest BCUT2D eigenvalue weighted by atomic mass is 10.3. The van der Waals surface area contributed by atoms with E-state index in [4.69, 9.17) is 11.6 Å². The minimum atomic E-state index is -0.421. The molecule has 0 unspecified atom stereocenters. The van der Waals surface area contributed by atoms with Crippen molar-refractivity contribution in [2.24, 2.45) is 4.99 Å². The van der Waals surface area contributed by atoms with E-state index in [1.165, 1.54) is 6.07 Å². The molecule has 0 aliphatic carbocycles. The first-order valence-corrected chi connectivity index (χ1v) is 4.45. The number of halogens is 3. The molecule has 0 saturated heterocycles. The van der Waals surface area contributed by atoms with Gasteiger partial charge in [-0.05, 0) is 40.3 Å². The van der Waals surface area contributed by atoms with Crippen molar-refractivity contribution < 1.29 is 4.39 Å². The Morgan fingerprint density at radius 2 is 2.25 bits per heavy atom. The van der Waals surface area contributed by atoms with E-state index in [1.54, 1.807) is 0 Å². The van der Waals surface area contributed by atoms with Crippen molar-refractivity contribution in [1.29, 1.82) is 0 Å². The fraction of sp³-hybridized carbons (Fsp3) is 0. The molecule has 0 heterocycles. The molecule has 0 radical (unpaired) electrons. The molecule has 1 rings (SSSR count). The van der Waals surface area contributed by atoms with Crippen molar-refractivity contribution >= 4 is 50.6 Å². The highest BCUT2D eigenvalue weighted by Gasteiger charge is 2.05. The second kappa shape index (κ2) is 4.10. The van der Waals surface area contributed by atoms with E-state index in [2.05, 4.69) is 38.3 Å². The SMILES string of the molecule is Fc1cc(Cl)c(N=C=S)c(Br)c1. The van der Waals surface area contributed by atoms with Crippen LogP contribution in [-0.4, -0.2) is 5.16 Å². The first-order chi connectivity index (χ1) is 5.65. The maximum atomic E-state index is 12.6. The Morgan fingerprint density at radius 1 is 1.58 bits per heavy atom. The minimum absolute atomic E-state index is 0.208. The lowest BCUT2D eigenvalue weighted by Gasteiger charge is -1.99. The maximum absolute atomic E-state index is 12.6. The summed E-state index contributed by atoms with van der Waals surface area (Å²) in [5.74, 6) is -0.421. The molecular formula is C7H2BrClFNS. The summed E-state index contributed by atoms with van der Waals surface area (Å²) >= 11 is 13.2. The van der Waals surface area contributed by atoms with Gasteiger partial charge in [-0.3, -0.25) is 0 Å². The van der Waals surface area contributed by atoms with Gasteiger partial charge in [0.15, 0.2) is 0 Å². The molecule has 0 N–H and O–H groups in total. The summed E-state index contributed by atoms with van der Waals surface area (Å²) < 4.78 is 13.1. The maximum Gasteiger partial charge on any atom is 0.125 e. The number of isothiocyanates is 1. The number of rotatable bonds is 1. The van der Waals surface area contributed by atoms with Crippen LogP contribution in [-0.2, 0) is 0 Å². The number of hydrogen-bond donors (Lipinski definition) is 0. The Balaban J connectivity index is 3.37. The summed E-state index contributed by atoms with van der Waals surface area (Å²) in [6.07, 6.45) is 0. The van der Waals surface area contributed by atoms with Crippen LogP contribution in [0.5, 0.6) is 0 Å². The van der Waals surface area contributed by atoms with Crippen LogP contribution in [0.1, 0.15) is 0 Å². The van der Waals surface area contributed by atoms with Crippen LogP contribution in [0.2, 0.25) is 5.02 Å². The lowest BCUT2D eigenvalue weighted by Crippen LogP contribution is -1.76. The van der Waals surface area contributed by atoms with Gasteiger partial charge in [-0.2, -0.15) is 4.99 Å². The Morgan fingerprint density at radius 3 is 2.75 bits per heavy atom. The number of nitrogens with zero attached hydrogens (tertiary/aromatic N) is 1. The summed E-state index contributed by atoms with van der Waals surface area (Å²) in [6, 6.07) is 2.43. The summed E-state index contributed by atoms with van der Waals surface area (Å²) in [6.45, 7) is 0. The number of aliphatic imine (C=N–C) groups is 1.